The molecule has 1 fully saturated rings. The second kappa shape index (κ2) is 5.23. The molecule has 126 valence electrons. The van der Waals surface area contributed by atoms with Crippen molar-refractivity contribution in [2.24, 2.45) is 0 Å². The maximum absolute atomic E-state index is 13.5. The summed E-state index contributed by atoms with van der Waals surface area (Å²) in [5.41, 5.74) is -0.317. The van der Waals surface area contributed by atoms with E-state index in [0.29, 0.717) is 17.5 Å². The topological polar surface area (TPSA) is 94.5 Å². The molecule has 0 radical (unpaired) electrons. The number of aromatic nitrogens is 6. The first kappa shape index (κ1) is 15.0. The van der Waals surface area contributed by atoms with Crippen LogP contribution in [0.3, 0.4) is 0 Å². The highest BCUT2D eigenvalue weighted by atomic mass is 19.4. The standard InChI is InChI=1S/C13H12F3N7O/c14-13(15,16)12(4-1-5-17-12)11-18-22-23(19-11)7-8-2-3-9-10(6-8)21-24-20-9/h2-3,6,17H,1,4-5,7H2. The molecular formula is C13H12F3N7O. The fourth-order valence-electron chi connectivity index (χ4n) is 2.87. The maximum Gasteiger partial charge on any atom is 0.414 e. The van der Waals surface area contributed by atoms with Crippen molar-refractivity contribution < 1.29 is 17.8 Å². The van der Waals surface area contributed by atoms with Crippen LogP contribution in [0, 0.1) is 0 Å². The van der Waals surface area contributed by atoms with Crippen LogP contribution in [0.1, 0.15) is 24.2 Å². The first-order chi connectivity index (χ1) is 11.5. The molecule has 1 aromatic carbocycles. The van der Waals surface area contributed by atoms with Gasteiger partial charge >= 0.3 is 6.18 Å². The number of nitrogens with zero attached hydrogens (tertiary/aromatic N) is 6. The van der Waals surface area contributed by atoms with Crippen LogP contribution in [-0.4, -0.2) is 43.2 Å². The van der Waals surface area contributed by atoms with Crippen LogP contribution < -0.4 is 5.32 Å². The molecule has 0 saturated carbocycles. The van der Waals surface area contributed by atoms with Gasteiger partial charge in [0.1, 0.15) is 11.0 Å². The van der Waals surface area contributed by atoms with Crippen LogP contribution in [0.15, 0.2) is 22.8 Å². The van der Waals surface area contributed by atoms with Crippen molar-refractivity contribution in [3.63, 3.8) is 0 Å². The monoisotopic (exact) mass is 339 g/mol. The third-order valence-electron chi connectivity index (χ3n) is 4.12. The molecule has 1 saturated heterocycles. The predicted octanol–water partition coefficient (Wildman–Crippen LogP) is 1.40. The van der Waals surface area contributed by atoms with Gasteiger partial charge in [0.2, 0.25) is 5.82 Å². The van der Waals surface area contributed by atoms with E-state index >= 15 is 0 Å². The average Bonchev–Trinajstić information content (AvgIpc) is 3.26. The Morgan fingerprint density at radius 2 is 2.08 bits per heavy atom. The van der Waals surface area contributed by atoms with Gasteiger partial charge in [-0.15, -0.1) is 10.2 Å². The summed E-state index contributed by atoms with van der Waals surface area (Å²) in [5.74, 6) is -0.350. The van der Waals surface area contributed by atoms with E-state index in [2.05, 4.69) is 35.7 Å². The van der Waals surface area contributed by atoms with Crippen LogP contribution >= 0.6 is 0 Å². The van der Waals surface area contributed by atoms with Crippen LogP contribution in [0.25, 0.3) is 11.0 Å². The number of benzene rings is 1. The zero-order valence-electron chi connectivity index (χ0n) is 12.3. The lowest BCUT2D eigenvalue weighted by molar-refractivity contribution is -0.198. The van der Waals surface area contributed by atoms with Gasteiger partial charge in [-0.05, 0) is 52.6 Å². The van der Waals surface area contributed by atoms with Crippen LogP contribution in [0.5, 0.6) is 0 Å². The highest BCUT2D eigenvalue weighted by Gasteiger charge is 2.60. The SMILES string of the molecule is FC(F)(F)C1(c2nnn(Cc3ccc4nonc4c3)n2)CCCN1. The molecular weight excluding hydrogens is 327 g/mol. The summed E-state index contributed by atoms with van der Waals surface area (Å²) in [6, 6.07) is 5.17. The van der Waals surface area contributed by atoms with Gasteiger partial charge in [-0.3, -0.25) is 5.32 Å². The van der Waals surface area contributed by atoms with Gasteiger partial charge in [0.25, 0.3) is 0 Å². The fourth-order valence-corrected chi connectivity index (χ4v) is 2.87. The maximum atomic E-state index is 13.5. The average molecular weight is 339 g/mol. The highest BCUT2D eigenvalue weighted by molar-refractivity contribution is 5.73. The van der Waals surface area contributed by atoms with Gasteiger partial charge in [0.15, 0.2) is 5.54 Å². The van der Waals surface area contributed by atoms with Crippen molar-refractivity contribution in [3.8, 4) is 0 Å². The van der Waals surface area contributed by atoms with Gasteiger partial charge in [-0.25, -0.2) is 4.63 Å². The Labute approximate surface area is 133 Å². The first-order valence-electron chi connectivity index (χ1n) is 7.29. The molecule has 0 aliphatic carbocycles. The molecule has 4 rings (SSSR count). The third-order valence-corrected chi connectivity index (χ3v) is 4.12. The molecule has 1 atom stereocenters. The zero-order valence-corrected chi connectivity index (χ0v) is 12.3. The Morgan fingerprint density at radius 3 is 2.83 bits per heavy atom. The highest BCUT2D eigenvalue weighted by Crippen LogP contribution is 2.43. The number of fused-ring (bicyclic) bond motifs is 1. The van der Waals surface area contributed by atoms with Crippen molar-refractivity contribution in [2.45, 2.75) is 31.1 Å². The number of alkyl halides is 3. The molecule has 1 unspecified atom stereocenters. The largest absolute Gasteiger partial charge is 0.414 e. The number of nitrogens with one attached hydrogen (secondary N) is 1. The molecule has 1 N–H and O–H groups in total. The van der Waals surface area contributed by atoms with Gasteiger partial charge in [0.05, 0.1) is 6.54 Å². The van der Waals surface area contributed by atoms with Gasteiger partial charge < -0.3 is 0 Å². The number of hydrogen-bond acceptors (Lipinski definition) is 7. The zero-order chi connectivity index (χ0) is 16.8. The van der Waals surface area contributed by atoms with Crippen LogP contribution in [0.4, 0.5) is 13.2 Å². The van der Waals surface area contributed by atoms with E-state index in [1.54, 1.807) is 18.2 Å². The quantitative estimate of drug-likeness (QED) is 0.771. The van der Waals surface area contributed by atoms with E-state index < -0.39 is 11.7 Å². The molecule has 2 aromatic heterocycles. The van der Waals surface area contributed by atoms with Gasteiger partial charge in [0, 0.05) is 0 Å². The van der Waals surface area contributed by atoms with Crippen LogP contribution in [-0.2, 0) is 12.1 Å². The molecule has 3 aromatic rings. The molecule has 8 nitrogen and oxygen atoms in total. The second-order valence-electron chi connectivity index (χ2n) is 5.66. The fraction of sp³-hybridized carbons (Fsp3) is 0.462. The van der Waals surface area contributed by atoms with E-state index in [4.69, 9.17) is 0 Å². The Morgan fingerprint density at radius 1 is 1.25 bits per heavy atom. The lowest BCUT2D eigenvalue weighted by Gasteiger charge is -2.28. The van der Waals surface area contributed by atoms with Crippen molar-refractivity contribution in [3.05, 3.63) is 29.6 Å². The summed E-state index contributed by atoms with van der Waals surface area (Å²) in [4.78, 5) is 1.14. The van der Waals surface area contributed by atoms with Crippen molar-refractivity contribution >= 4 is 11.0 Å². The van der Waals surface area contributed by atoms with Crippen molar-refractivity contribution in [1.29, 1.82) is 0 Å². The van der Waals surface area contributed by atoms with Gasteiger partial charge in [-0.2, -0.15) is 18.0 Å². The predicted molar refractivity (Wildman–Crippen MR) is 73.7 cm³/mol. The number of hydrogen-bond donors (Lipinski definition) is 1. The summed E-state index contributed by atoms with van der Waals surface area (Å²) >= 11 is 0. The lowest BCUT2D eigenvalue weighted by Crippen LogP contribution is -2.50. The van der Waals surface area contributed by atoms with E-state index in [9.17, 15) is 13.2 Å². The normalized spacial score (nSPS) is 21.6. The molecule has 0 amide bonds. The third kappa shape index (κ3) is 2.31. The summed E-state index contributed by atoms with van der Waals surface area (Å²) in [6.07, 6.45) is -4.18. The van der Waals surface area contributed by atoms with E-state index in [-0.39, 0.29) is 25.3 Å². The Balaban J connectivity index is 1.62. The minimum Gasteiger partial charge on any atom is -0.297 e. The van der Waals surface area contributed by atoms with Gasteiger partial charge in [-0.1, -0.05) is 6.07 Å². The summed E-state index contributed by atoms with van der Waals surface area (Å²) in [7, 11) is 0. The van der Waals surface area contributed by atoms with E-state index in [1.807, 2.05) is 0 Å². The molecule has 24 heavy (non-hydrogen) atoms. The Hall–Kier alpha value is -2.56. The molecule has 1 aliphatic heterocycles. The van der Waals surface area contributed by atoms with E-state index in [1.165, 1.54) is 0 Å². The molecule has 1 aliphatic rings. The van der Waals surface area contributed by atoms with E-state index in [0.717, 1.165) is 10.4 Å². The minimum absolute atomic E-state index is 0.0985. The smallest absolute Gasteiger partial charge is 0.297 e. The minimum atomic E-state index is -4.48. The molecule has 11 heteroatoms. The summed E-state index contributed by atoms with van der Waals surface area (Å²) in [6.45, 7) is 0.438. The van der Waals surface area contributed by atoms with Crippen molar-refractivity contribution in [2.75, 3.05) is 6.54 Å². The summed E-state index contributed by atoms with van der Waals surface area (Å²) in [5, 5.41) is 21.2. The summed E-state index contributed by atoms with van der Waals surface area (Å²) < 4.78 is 45.0. The number of rotatable bonds is 3. The number of tetrazole rings is 1. The van der Waals surface area contributed by atoms with Crippen LogP contribution in [0.2, 0.25) is 0 Å². The molecule has 0 bridgehead atoms. The first-order valence-corrected chi connectivity index (χ1v) is 7.29. The Kier molecular flexibility index (Phi) is 3.27. The lowest BCUT2D eigenvalue weighted by atomic mass is 9.96. The Bertz CT molecular complexity index is 866. The van der Waals surface area contributed by atoms with Crippen molar-refractivity contribution in [1.82, 2.24) is 35.8 Å². The molecule has 0 spiro atoms. The number of halogens is 3. The second-order valence-corrected chi connectivity index (χ2v) is 5.66. The molecule has 3 heterocycles.